The maximum absolute atomic E-state index is 12.9. The Bertz CT molecular complexity index is 957. The average molecular weight is 390 g/mol. The normalized spacial score (nSPS) is 14.6. The maximum atomic E-state index is 12.9. The number of nitrogens with one attached hydrogen (secondary N) is 2. The smallest absolute Gasteiger partial charge is 0.293 e. The van der Waals surface area contributed by atoms with Crippen LogP contribution in [0.15, 0.2) is 53.4 Å². The van der Waals surface area contributed by atoms with E-state index in [4.69, 9.17) is 0 Å². The Morgan fingerprint density at radius 2 is 1.74 bits per heavy atom. The summed E-state index contributed by atoms with van der Waals surface area (Å²) < 4.78 is 27.7. The van der Waals surface area contributed by atoms with Crippen molar-refractivity contribution in [1.29, 1.82) is 0 Å². The monoisotopic (exact) mass is 390 g/mol. The zero-order valence-corrected chi connectivity index (χ0v) is 15.1. The van der Waals surface area contributed by atoms with Gasteiger partial charge in [0, 0.05) is 37.8 Å². The molecule has 9 nitrogen and oxygen atoms in total. The van der Waals surface area contributed by atoms with E-state index in [9.17, 15) is 23.3 Å². The summed E-state index contributed by atoms with van der Waals surface area (Å²) in [5.74, 6) is -0.798. The van der Waals surface area contributed by atoms with Crippen molar-refractivity contribution in [3.63, 3.8) is 0 Å². The first-order valence-electron chi connectivity index (χ1n) is 8.25. The molecule has 3 rings (SSSR count). The Balaban J connectivity index is 2.02. The van der Waals surface area contributed by atoms with Gasteiger partial charge in [0.25, 0.3) is 21.6 Å². The highest BCUT2D eigenvalue weighted by Crippen LogP contribution is 2.35. The van der Waals surface area contributed by atoms with Crippen LogP contribution in [0.3, 0.4) is 0 Å². The third-order valence-corrected chi connectivity index (χ3v) is 5.52. The van der Waals surface area contributed by atoms with Gasteiger partial charge in [-0.05, 0) is 18.2 Å². The molecule has 1 aliphatic rings. The van der Waals surface area contributed by atoms with Crippen molar-refractivity contribution in [3.05, 3.63) is 64.2 Å². The fourth-order valence-corrected chi connectivity index (χ4v) is 4.12. The van der Waals surface area contributed by atoms with Crippen molar-refractivity contribution in [3.8, 4) is 0 Å². The molecule has 1 fully saturated rings. The molecule has 1 heterocycles. The Morgan fingerprint density at radius 1 is 1.07 bits per heavy atom. The van der Waals surface area contributed by atoms with E-state index in [2.05, 4.69) is 5.32 Å². The van der Waals surface area contributed by atoms with Crippen LogP contribution in [0.1, 0.15) is 10.4 Å². The van der Waals surface area contributed by atoms with Crippen molar-refractivity contribution in [1.82, 2.24) is 10.0 Å². The zero-order chi connectivity index (χ0) is 19.4. The quantitative estimate of drug-likeness (QED) is 0.579. The average Bonchev–Trinajstić information content (AvgIpc) is 2.68. The molecule has 27 heavy (non-hydrogen) atoms. The van der Waals surface area contributed by atoms with Crippen LogP contribution >= 0.6 is 0 Å². The van der Waals surface area contributed by atoms with Crippen LogP contribution in [0, 0.1) is 10.1 Å². The van der Waals surface area contributed by atoms with Crippen LogP contribution in [0.4, 0.5) is 11.4 Å². The highest BCUT2D eigenvalue weighted by Gasteiger charge is 2.31. The van der Waals surface area contributed by atoms with E-state index in [1.807, 2.05) is 4.72 Å². The number of rotatable bonds is 5. The molecule has 1 aliphatic heterocycles. The second kappa shape index (κ2) is 7.72. The van der Waals surface area contributed by atoms with Crippen LogP contribution in [0.5, 0.6) is 0 Å². The molecule has 2 N–H and O–H groups in total. The molecule has 0 saturated carbocycles. The molecule has 1 saturated heterocycles. The van der Waals surface area contributed by atoms with Gasteiger partial charge in [-0.1, -0.05) is 24.3 Å². The van der Waals surface area contributed by atoms with Crippen LogP contribution in [0.25, 0.3) is 0 Å². The molecule has 0 aliphatic carbocycles. The molecule has 0 radical (unpaired) electrons. The number of hydrogen-bond donors (Lipinski definition) is 2. The van der Waals surface area contributed by atoms with Gasteiger partial charge in [-0.25, -0.2) is 13.1 Å². The van der Waals surface area contributed by atoms with Gasteiger partial charge in [0.2, 0.25) is 0 Å². The molecule has 142 valence electrons. The molecular formula is C17H18N4O5S. The molecule has 2 aromatic carbocycles. The van der Waals surface area contributed by atoms with Gasteiger partial charge in [-0.3, -0.25) is 14.9 Å². The van der Waals surface area contributed by atoms with Gasteiger partial charge in [-0.15, -0.1) is 0 Å². The van der Waals surface area contributed by atoms with Crippen molar-refractivity contribution in [2.75, 3.05) is 31.1 Å². The Labute approximate surface area is 156 Å². The van der Waals surface area contributed by atoms with Crippen LogP contribution in [-0.2, 0) is 10.0 Å². The largest absolute Gasteiger partial charge is 0.362 e. The first-order valence-corrected chi connectivity index (χ1v) is 9.74. The van der Waals surface area contributed by atoms with Gasteiger partial charge >= 0.3 is 0 Å². The molecule has 0 aromatic heterocycles. The van der Waals surface area contributed by atoms with Crippen molar-refractivity contribution in [2.45, 2.75) is 4.90 Å². The van der Waals surface area contributed by atoms with Crippen molar-refractivity contribution in [2.24, 2.45) is 0 Å². The number of hydrogen-bond acceptors (Lipinski definition) is 7. The Hall–Kier alpha value is -2.98. The fraction of sp³-hybridized carbons (Fsp3) is 0.235. The molecule has 1 amide bonds. The van der Waals surface area contributed by atoms with E-state index in [0.29, 0.717) is 26.2 Å². The highest BCUT2D eigenvalue weighted by molar-refractivity contribution is 7.90. The van der Waals surface area contributed by atoms with E-state index in [-0.39, 0.29) is 21.8 Å². The minimum Gasteiger partial charge on any atom is -0.362 e. The van der Waals surface area contributed by atoms with Gasteiger partial charge < -0.3 is 10.2 Å². The topological polar surface area (TPSA) is 122 Å². The molecular weight excluding hydrogens is 372 g/mol. The number of anilines is 1. The van der Waals surface area contributed by atoms with E-state index < -0.39 is 20.9 Å². The number of carbonyl (C=O) groups excluding carboxylic acids is 1. The van der Waals surface area contributed by atoms with Crippen LogP contribution < -0.4 is 14.9 Å². The van der Waals surface area contributed by atoms with Gasteiger partial charge in [0.1, 0.15) is 10.6 Å². The summed E-state index contributed by atoms with van der Waals surface area (Å²) >= 11 is 0. The van der Waals surface area contributed by atoms with E-state index >= 15 is 0 Å². The third-order valence-electron chi connectivity index (χ3n) is 4.16. The summed E-state index contributed by atoms with van der Waals surface area (Å²) in [6, 6.07) is 11.7. The summed E-state index contributed by atoms with van der Waals surface area (Å²) in [6.07, 6.45) is 0. The predicted molar refractivity (Wildman–Crippen MR) is 99.3 cm³/mol. The van der Waals surface area contributed by atoms with Crippen LogP contribution in [-0.4, -0.2) is 45.4 Å². The number of para-hydroxylation sites is 1. The van der Waals surface area contributed by atoms with Crippen molar-refractivity contribution < 1.29 is 18.1 Å². The second-order valence-corrected chi connectivity index (χ2v) is 7.57. The highest BCUT2D eigenvalue weighted by atomic mass is 32.2. The number of nitro benzene ring substituents is 1. The number of nitrogens with zero attached hydrogens (tertiary/aromatic N) is 2. The predicted octanol–water partition coefficient (Wildman–Crippen LogP) is 1.12. The summed E-state index contributed by atoms with van der Waals surface area (Å²) in [5, 5.41) is 14.6. The van der Waals surface area contributed by atoms with Gasteiger partial charge in [-0.2, -0.15) is 0 Å². The lowest BCUT2D eigenvalue weighted by Gasteiger charge is -2.30. The zero-order valence-electron chi connectivity index (χ0n) is 14.3. The summed E-state index contributed by atoms with van der Waals surface area (Å²) in [6.45, 7) is 1.98. The molecule has 10 heteroatoms. The number of piperazine rings is 1. The van der Waals surface area contributed by atoms with E-state index in [1.165, 1.54) is 30.3 Å². The number of benzene rings is 2. The first kappa shape index (κ1) is 18.8. The first-order chi connectivity index (χ1) is 12.9. The molecule has 0 unspecified atom stereocenters. The minimum atomic E-state index is -4.31. The summed E-state index contributed by atoms with van der Waals surface area (Å²) in [4.78, 5) is 24.5. The van der Waals surface area contributed by atoms with Crippen molar-refractivity contribution >= 4 is 27.3 Å². The molecule has 0 spiro atoms. The number of carbonyl (C=O) groups is 1. The summed E-state index contributed by atoms with van der Waals surface area (Å²) in [7, 11) is -4.31. The minimum absolute atomic E-state index is 0.00244. The number of sulfonamides is 1. The second-order valence-electron chi connectivity index (χ2n) is 5.92. The molecule has 0 atom stereocenters. The SMILES string of the molecule is O=C(NS(=O)(=O)c1cccc([N+](=O)[O-])c1N1CCNCC1)c1ccccc1. The van der Waals surface area contributed by atoms with Crippen LogP contribution in [0.2, 0.25) is 0 Å². The van der Waals surface area contributed by atoms with Gasteiger partial charge in [0.15, 0.2) is 0 Å². The number of nitro groups is 1. The lowest BCUT2D eigenvalue weighted by molar-refractivity contribution is -0.384. The van der Waals surface area contributed by atoms with Gasteiger partial charge in [0.05, 0.1) is 4.92 Å². The summed E-state index contributed by atoms with van der Waals surface area (Å²) in [5.41, 5.74) is -0.139. The number of amides is 1. The fourth-order valence-electron chi connectivity index (χ4n) is 2.91. The van der Waals surface area contributed by atoms with E-state index in [1.54, 1.807) is 23.1 Å². The lowest BCUT2D eigenvalue weighted by atomic mass is 10.2. The molecule has 0 bridgehead atoms. The maximum Gasteiger partial charge on any atom is 0.293 e. The Morgan fingerprint density at radius 3 is 2.37 bits per heavy atom. The third kappa shape index (κ3) is 4.07. The van der Waals surface area contributed by atoms with E-state index in [0.717, 1.165) is 0 Å². The standard InChI is InChI=1S/C17H18N4O5S/c22-17(13-5-2-1-3-6-13)19-27(25,26)15-8-4-7-14(21(23)24)16(15)20-11-9-18-10-12-20/h1-8,18H,9-12H2,(H,19,22). The lowest BCUT2D eigenvalue weighted by Crippen LogP contribution is -2.44. The molecule has 2 aromatic rings. The Kier molecular flexibility index (Phi) is 5.38.